The molecule has 2 rings (SSSR count). The van der Waals surface area contributed by atoms with Gasteiger partial charge in [0.25, 0.3) is 0 Å². The first kappa shape index (κ1) is 18.8. The third-order valence-corrected chi connectivity index (χ3v) is 3.87. The molecular weight excluding hydrogens is 323 g/mol. The molecule has 0 saturated carbocycles. The molecule has 6 nitrogen and oxygen atoms in total. The van der Waals surface area contributed by atoms with Gasteiger partial charge in [-0.1, -0.05) is 24.3 Å². The van der Waals surface area contributed by atoms with E-state index in [4.69, 9.17) is 14.2 Å². The van der Waals surface area contributed by atoms with Gasteiger partial charge in [0.2, 0.25) is 5.75 Å². The maximum atomic E-state index is 12.4. The van der Waals surface area contributed by atoms with Crippen molar-refractivity contribution in [1.82, 2.24) is 0 Å². The van der Waals surface area contributed by atoms with E-state index in [0.717, 1.165) is 5.56 Å². The quantitative estimate of drug-likeness (QED) is 0.553. The van der Waals surface area contributed by atoms with E-state index in [1.807, 2.05) is 12.1 Å². The van der Waals surface area contributed by atoms with Crippen LogP contribution in [0.15, 0.2) is 36.4 Å². The summed E-state index contributed by atoms with van der Waals surface area (Å²) in [5.41, 5.74) is 1.61. The van der Waals surface area contributed by atoms with Gasteiger partial charge in [0.05, 0.1) is 21.3 Å². The highest BCUT2D eigenvalue weighted by atomic mass is 16.5. The number of carbonyl (C=O) groups is 1. The molecule has 2 aromatic rings. The molecule has 132 valence electrons. The van der Waals surface area contributed by atoms with Crippen LogP contribution in [-0.2, 0) is 6.42 Å². The van der Waals surface area contributed by atoms with Crippen LogP contribution in [0.4, 0.5) is 0 Å². The van der Waals surface area contributed by atoms with Crippen molar-refractivity contribution in [3.8, 4) is 17.2 Å². The van der Waals surface area contributed by atoms with Gasteiger partial charge in [-0.15, -0.1) is 0 Å². The summed E-state index contributed by atoms with van der Waals surface area (Å²) < 4.78 is 15.9. The zero-order valence-electron chi connectivity index (χ0n) is 14.5. The molecule has 2 aromatic carbocycles. The van der Waals surface area contributed by atoms with E-state index in [2.05, 4.69) is 0 Å². The summed E-state index contributed by atoms with van der Waals surface area (Å²) in [6, 6.07) is 9.94. The van der Waals surface area contributed by atoms with Crippen LogP contribution in [0.2, 0.25) is 0 Å². The summed E-state index contributed by atoms with van der Waals surface area (Å²) in [6.45, 7) is 0. The highest BCUT2D eigenvalue weighted by Crippen LogP contribution is 2.38. The number of ketones is 1. The van der Waals surface area contributed by atoms with Crippen LogP contribution >= 0.6 is 0 Å². The summed E-state index contributed by atoms with van der Waals surface area (Å²) in [6.07, 6.45) is 0.755. The molecule has 0 aromatic heterocycles. The molecule has 0 unspecified atom stereocenters. The molecule has 0 amide bonds. The lowest BCUT2D eigenvalue weighted by Gasteiger charge is -2.14. The number of hydrogen-bond acceptors (Lipinski definition) is 6. The third kappa shape index (κ3) is 4.52. The Morgan fingerprint density at radius 1 is 1.00 bits per heavy atom. The van der Waals surface area contributed by atoms with Crippen LogP contribution in [0.5, 0.6) is 17.2 Å². The fourth-order valence-electron chi connectivity index (χ4n) is 2.55. The third-order valence-electron chi connectivity index (χ3n) is 3.87. The number of methoxy groups -OCH3 is 3. The second-order valence-electron chi connectivity index (χ2n) is 5.46. The van der Waals surface area contributed by atoms with Crippen molar-refractivity contribution in [3.63, 3.8) is 0 Å². The van der Waals surface area contributed by atoms with Crippen molar-refractivity contribution in [3.05, 3.63) is 47.5 Å². The van der Waals surface area contributed by atoms with Crippen molar-refractivity contribution < 1.29 is 29.1 Å². The Hall–Kier alpha value is -2.51. The summed E-state index contributed by atoms with van der Waals surface area (Å²) in [4.78, 5) is 12.4. The van der Waals surface area contributed by atoms with E-state index in [1.54, 1.807) is 18.2 Å². The smallest absolute Gasteiger partial charge is 0.488 e. The van der Waals surface area contributed by atoms with E-state index in [1.165, 1.54) is 27.4 Å². The van der Waals surface area contributed by atoms with Crippen molar-refractivity contribution in [1.29, 1.82) is 0 Å². The van der Waals surface area contributed by atoms with E-state index in [9.17, 15) is 14.8 Å². The summed E-state index contributed by atoms with van der Waals surface area (Å²) in [5.74, 6) is 1.49. The Bertz CT molecular complexity index is 719. The number of ether oxygens (including phenoxy) is 3. The molecule has 0 aliphatic heterocycles. The second-order valence-corrected chi connectivity index (χ2v) is 5.46. The predicted molar refractivity (Wildman–Crippen MR) is 95.0 cm³/mol. The lowest BCUT2D eigenvalue weighted by Crippen LogP contribution is -2.30. The summed E-state index contributed by atoms with van der Waals surface area (Å²) in [7, 11) is 3.02. The molecule has 0 radical (unpaired) electrons. The Kier molecular flexibility index (Phi) is 6.44. The summed E-state index contributed by atoms with van der Waals surface area (Å²) in [5, 5.41) is 18.4. The first-order chi connectivity index (χ1) is 12.0. The molecule has 7 heteroatoms. The van der Waals surface area contributed by atoms with Gasteiger partial charge in [0, 0.05) is 12.0 Å². The van der Waals surface area contributed by atoms with Gasteiger partial charge in [-0.3, -0.25) is 4.79 Å². The van der Waals surface area contributed by atoms with Gasteiger partial charge >= 0.3 is 7.12 Å². The van der Waals surface area contributed by atoms with Gasteiger partial charge in [-0.05, 0) is 29.6 Å². The fourth-order valence-corrected chi connectivity index (χ4v) is 2.55. The highest BCUT2D eigenvalue weighted by molar-refractivity contribution is 6.58. The molecule has 0 aliphatic rings. The average Bonchev–Trinajstić information content (AvgIpc) is 2.64. The average molecular weight is 344 g/mol. The number of hydrogen-bond donors (Lipinski definition) is 2. The topological polar surface area (TPSA) is 85.2 Å². The molecule has 0 bridgehead atoms. The van der Waals surface area contributed by atoms with E-state index >= 15 is 0 Å². The fraction of sp³-hybridized carbons (Fsp3) is 0.278. The molecule has 0 aliphatic carbocycles. The Morgan fingerprint density at radius 3 is 2.16 bits per heavy atom. The van der Waals surface area contributed by atoms with E-state index < -0.39 is 7.12 Å². The van der Waals surface area contributed by atoms with Crippen molar-refractivity contribution >= 4 is 18.4 Å². The van der Waals surface area contributed by atoms with Gasteiger partial charge in [-0.25, -0.2) is 0 Å². The first-order valence-corrected chi connectivity index (χ1v) is 7.78. The maximum absolute atomic E-state index is 12.4. The standard InChI is InChI=1S/C18H21BO6/c1-23-16-9-12(10-17(24-2)18(16)25-3)7-8-15(20)13-5-4-6-14(11-13)19(21)22/h4-6,9-11,21-22H,7-8H2,1-3H3. The van der Waals surface area contributed by atoms with Crippen LogP contribution in [0.1, 0.15) is 22.3 Å². The minimum absolute atomic E-state index is 0.0868. The van der Waals surface area contributed by atoms with Crippen LogP contribution in [0.3, 0.4) is 0 Å². The monoisotopic (exact) mass is 344 g/mol. The zero-order valence-corrected chi connectivity index (χ0v) is 14.5. The molecule has 0 saturated heterocycles. The molecule has 0 spiro atoms. The Balaban J connectivity index is 2.15. The van der Waals surface area contributed by atoms with E-state index in [-0.39, 0.29) is 12.2 Å². The van der Waals surface area contributed by atoms with Crippen LogP contribution in [-0.4, -0.2) is 44.3 Å². The predicted octanol–water partition coefficient (Wildman–Crippen LogP) is 1.21. The van der Waals surface area contributed by atoms with Crippen molar-refractivity contribution in [2.24, 2.45) is 0 Å². The minimum atomic E-state index is -1.59. The number of Topliss-reactive ketones (excluding diaryl/α,β-unsaturated/α-hetero) is 1. The second kappa shape index (κ2) is 8.55. The van der Waals surface area contributed by atoms with Crippen LogP contribution in [0.25, 0.3) is 0 Å². The highest BCUT2D eigenvalue weighted by Gasteiger charge is 2.16. The van der Waals surface area contributed by atoms with E-state index in [0.29, 0.717) is 34.7 Å². The molecule has 0 atom stereocenters. The maximum Gasteiger partial charge on any atom is 0.488 e. The van der Waals surface area contributed by atoms with Gasteiger partial charge in [-0.2, -0.15) is 0 Å². The van der Waals surface area contributed by atoms with Crippen LogP contribution < -0.4 is 19.7 Å². The molecule has 0 heterocycles. The van der Waals surface area contributed by atoms with Crippen molar-refractivity contribution in [2.45, 2.75) is 12.8 Å². The van der Waals surface area contributed by atoms with Gasteiger partial charge in [0.1, 0.15) is 0 Å². The molecule has 25 heavy (non-hydrogen) atoms. The summed E-state index contributed by atoms with van der Waals surface area (Å²) >= 11 is 0. The number of rotatable bonds is 8. The zero-order chi connectivity index (χ0) is 18.4. The minimum Gasteiger partial charge on any atom is -0.493 e. The molecule has 0 fully saturated rings. The Morgan fingerprint density at radius 2 is 1.64 bits per heavy atom. The van der Waals surface area contributed by atoms with Crippen molar-refractivity contribution in [2.75, 3.05) is 21.3 Å². The molecular formula is C18H21BO6. The lowest BCUT2D eigenvalue weighted by molar-refractivity contribution is 0.0983. The number of carbonyl (C=O) groups excluding carboxylic acids is 1. The number of aryl methyl sites for hydroxylation is 1. The number of benzene rings is 2. The lowest BCUT2D eigenvalue weighted by atomic mass is 9.79. The van der Waals surface area contributed by atoms with Gasteiger partial charge in [0.15, 0.2) is 17.3 Å². The molecule has 2 N–H and O–H groups in total. The largest absolute Gasteiger partial charge is 0.493 e. The van der Waals surface area contributed by atoms with Crippen LogP contribution in [0, 0.1) is 0 Å². The SMILES string of the molecule is COc1cc(CCC(=O)c2cccc(B(O)O)c2)cc(OC)c1OC. The normalized spacial score (nSPS) is 10.3. The van der Waals surface area contributed by atoms with Gasteiger partial charge < -0.3 is 24.3 Å². The first-order valence-electron chi connectivity index (χ1n) is 7.78. The Labute approximate surface area is 147 Å².